The van der Waals surface area contributed by atoms with Gasteiger partial charge in [-0.1, -0.05) is 0 Å². The summed E-state index contributed by atoms with van der Waals surface area (Å²) < 4.78 is 1.88. The monoisotopic (exact) mass is 251 g/mol. The number of hydrogen-bond donors (Lipinski definition) is 4. The lowest BCUT2D eigenvalue weighted by molar-refractivity contribution is 0.105. The number of benzene rings is 1. The van der Waals surface area contributed by atoms with Crippen molar-refractivity contribution in [3.63, 3.8) is 0 Å². The molecule has 2 rings (SSSR count). The Hall–Kier alpha value is -1.63. The first-order valence-electron chi connectivity index (χ1n) is 5.83. The molecular weight excluding hydrogens is 234 g/mol. The highest BCUT2D eigenvalue weighted by molar-refractivity contribution is 5.79. The minimum absolute atomic E-state index is 0.0775. The standard InChI is InChI=1S/C12H17N3O3/c16-4-3-15-8-14-11-5-9(1-2-12(11)15)13-6-10(18)7-17/h1-2,5,8,10,13,16-18H,3-4,6-7H2. The third-order valence-electron chi connectivity index (χ3n) is 2.71. The highest BCUT2D eigenvalue weighted by atomic mass is 16.3. The molecule has 6 nitrogen and oxygen atoms in total. The molecule has 0 saturated carbocycles. The first-order valence-corrected chi connectivity index (χ1v) is 5.83. The Morgan fingerprint density at radius 2 is 2.17 bits per heavy atom. The summed E-state index contributed by atoms with van der Waals surface area (Å²) in [6.45, 7) is 0.625. The average molecular weight is 251 g/mol. The quantitative estimate of drug-likeness (QED) is 0.570. The van der Waals surface area contributed by atoms with Crippen LogP contribution in [0, 0.1) is 0 Å². The SMILES string of the molecule is OCCn1cnc2cc(NCC(O)CO)ccc21. The summed E-state index contributed by atoms with van der Waals surface area (Å²) in [5, 5.41) is 29.9. The molecule has 1 aromatic heterocycles. The maximum atomic E-state index is 9.25. The molecule has 2 aromatic rings. The molecule has 0 aliphatic heterocycles. The number of rotatable bonds is 6. The van der Waals surface area contributed by atoms with Gasteiger partial charge in [0.05, 0.1) is 36.7 Å². The summed E-state index contributed by atoms with van der Waals surface area (Å²) in [5.74, 6) is 0. The topological polar surface area (TPSA) is 90.5 Å². The molecule has 0 aliphatic rings. The van der Waals surface area contributed by atoms with E-state index in [1.807, 2.05) is 22.8 Å². The molecule has 0 fully saturated rings. The third kappa shape index (κ3) is 2.79. The van der Waals surface area contributed by atoms with Crippen LogP contribution in [-0.4, -0.2) is 50.7 Å². The van der Waals surface area contributed by atoms with E-state index < -0.39 is 6.10 Å². The fourth-order valence-corrected chi connectivity index (χ4v) is 1.76. The average Bonchev–Trinajstić information content (AvgIpc) is 2.79. The highest BCUT2D eigenvalue weighted by Gasteiger charge is 2.05. The molecule has 1 aromatic carbocycles. The molecule has 0 spiro atoms. The molecule has 0 saturated heterocycles. The molecule has 0 amide bonds. The number of hydrogen-bond acceptors (Lipinski definition) is 5. The van der Waals surface area contributed by atoms with Gasteiger partial charge in [0.15, 0.2) is 0 Å². The minimum atomic E-state index is -0.771. The van der Waals surface area contributed by atoms with E-state index in [4.69, 9.17) is 10.2 Å². The maximum absolute atomic E-state index is 9.25. The normalized spacial score (nSPS) is 12.8. The van der Waals surface area contributed by atoms with Crippen molar-refractivity contribution in [2.75, 3.05) is 25.1 Å². The zero-order valence-electron chi connectivity index (χ0n) is 9.95. The van der Waals surface area contributed by atoms with Gasteiger partial charge >= 0.3 is 0 Å². The van der Waals surface area contributed by atoms with E-state index in [1.54, 1.807) is 6.33 Å². The number of aliphatic hydroxyl groups is 3. The predicted molar refractivity (Wildman–Crippen MR) is 68.4 cm³/mol. The molecule has 98 valence electrons. The molecule has 1 atom stereocenters. The smallest absolute Gasteiger partial charge is 0.0959 e. The van der Waals surface area contributed by atoms with Crippen LogP contribution in [0.2, 0.25) is 0 Å². The number of fused-ring (bicyclic) bond motifs is 1. The molecule has 1 unspecified atom stereocenters. The maximum Gasteiger partial charge on any atom is 0.0959 e. The lowest BCUT2D eigenvalue weighted by Crippen LogP contribution is -2.22. The number of aliphatic hydroxyl groups excluding tert-OH is 3. The molecule has 0 bridgehead atoms. The van der Waals surface area contributed by atoms with Crippen LogP contribution >= 0.6 is 0 Å². The van der Waals surface area contributed by atoms with E-state index in [0.717, 1.165) is 16.7 Å². The van der Waals surface area contributed by atoms with E-state index in [-0.39, 0.29) is 13.2 Å². The van der Waals surface area contributed by atoms with Gasteiger partial charge in [-0.3, -0.25) is 0 Å². The summed E-state index contributed by atoms with van der Waals surface area (Å²) in [6.07, 6.45) is 0.917. The van der Waals surface area contributed by atoms with Crippen molar-refractivity contribution in [3.05, 3.63) is 24.5 Å². The minimum Gasteiger partial charge on any atom is -0.395 e. The lowest BCUT2D eigenvalue weighted by atomic mass is 10.2. The molecule has 6 heteroatoms. The van der Waals surface area contributed by atoms with Crippen molar-refractivity contribution >= 4 is 16.7 Å². The van der Waals surface area contributed by atoms with Gasteiger partial charge in [0, 0.05) is 18.8 Å². The number of nitrogens with zero attached hydrogens (tertiary/aromatic N) is 2. The van der Waals surface area contributed by atoms with Gasteiger partial charge in [0.1, 0.15) is 0 Å². The van der Waals surface area contributed by atoms with Crippen molar-refractivity contribution in [1.29, 1.82) is 0 Å². The van der Waals surface area contributed by atoms with Gasteiger partial charge in [-0.15, -0.1) is 0 Å². The van der Waals surface area contributed by atoms with E-state index in [2.05, 4.69) is 10.3 Å². The van der Waals surface area contributed by atoms with Crippen LogP contribution in [-0.2, 0) is 6.54 Å². The van der Waals surface area contributed by atoms with E-state index in [9.17, 15) is 5.11 Å². The van der Waals surface area contributed by atoms with Gasteiger partial charge in [0.25, 0.3) is 0 Å². The Labute approximate surface area is 105 Å². The molecule has 0 radical (unpaired) electrons. The highest BCUT2D eigenvalue weighted by Crippen LogP contribution is 2.18. The zero-order chi connectivity index (χ0) is 13.0. The Bertz CT molecular complexity index is 512. The Kier molecular flexibility index (Phi) is 4.14. The van der Waals surface area contributed by atoms with Gasteiger partial charge in [-0.2, -0.15) is 0 Å². The van der Waals surface area contributed by atoms with Crippen LogP contribution in [0.25, 0.3) is 11.0 Å². The second kappa shape index (κ2) is 5.81. The molecule has 0 aliphatic carbocycles. The van der Waals surface area contributed by atoms with Crippen LogP contribution in [0.5, 0.6) is 0 Å². The number of nitrogens with one attached hydrogen (secondary N) is 1. The molecule has 4 N–H and O–H groups in total. The Morgan fingerprint density at radius 3 is 2.89 bits per heavy atom. The van der Waals surface area contributed by atoms with Gasteiger partial charge in [-0.25, -0.2) is 4.98 Å². The van der Waals surface area contributed by atoms with Crippen molar-refractivity contribution in [3.8, 4) is 0 Å². The number of aromatic nitrogens is 2. The van der Waals surface area contributed by atoms with Gasteiger partial charge in [-0.05, 0) is 18.2 Å². The zero-order valence-corrected chi connectivity index (χ0v) is 9.95. The van der Waals surface area contributed by atoms with Crippen LogP contribution in [0.15, 0.2) is 24.5 Å². The van der Waals surface area contributed by atoms with Crippen molar-refractivity contribution < 1.29 is 15.3 Å². The van der Waals surface area contributed by atoms with Crippen LogP contribution < -0.4 is 5.32 Å². The van der Waals surface area contributed by atoms with E-state index in [1.165, 1.54) is 0 Å². The summed E-state index contributed by atoms with van der Waals surface area (Å²) >= 11 is 0. The Balaban J connectivity index is 2.13. The van der Waals surface area contributed by atoms with Crippen molar-refractivity contribution in [2.45, 2.75) is 12.6 Å². The fraction of sp³-hybridized carbons (Fsp3) is 0.417. The van der Waals surface area contributed by atoms with Crippen molar-refractivity contribution in [1.82, 2.24) is 9.55 Å². The first kappa shape index (κ1) is 12.8. The van der Waals surface area contributed by atoms with Crippen LogP contribution in [0.1, 0.15) is 0 Å². The fourth-order valence-electron chi connectivity index (χ4n) is 1.76. The predicted octanol–water partition coefficient (Wildman–Crippen LogP) is -0.206. The largest absolute Gasteiger partial charge is 0.395 e. The lowest BCUT2D eigenvalue weighted by Gasteiger charge is -2.10. The van der Waals surface area contributed by atoms with Crippen molar-refractivity contribution in [2.24, 2.45) is 0 Å². The summed E-state index contributed by atoms with van der Waals surface area (Å²) in [7, 11) is 0. The molecule has 1 heterocycles. The summed E-state index contributed by atoms with van der Waals surface area (Å²) in [5.41, 5.74) is 2.62. The third-order valence-corrected chi connectivity index (χ3v) is 2.71. The second-order valence-corrected chi connectivity index (χ2v) is 4.08. The van der Waals surface area contributed by atoms with Gasteiger partial charge in [0.2, 0.25) is 0 Å². The summed E-state index contributed by atoms with van der Waals surface area (Å²) in [6, 6.07) is 5.65. The van der Waals surface area contributed by atoms with Gasteiger partial charge < -0.3 is 25.2 Å². The second-order valence-electron chi connectivity index (χ2n) is 4.08. The number of anilines is 1. The molecule has 18 heavy (non-hydrogen) atoms. The summed E-state index contributed by atoms with van der Waals surface area (Å²) in [4.78, 5) is 4.25. The number of imidazole rings is 1. The van der Waals surface area contributed by atoms with E-state index in [0.29, 0.717) is 13.1 Å². The Morgan fingerprint density at radius 1 is 1.33 bits per heavy atom. The molecular formula is C12H17N3O3. The van der Waals surface area contributed by atoms with E-state index >= 15 is 0 Å². The van der Waals surface area contributed by atoms with Crippen LogP contribution in [0.4, 0.5) is 5.69 Å². The first-order chi connectivity index (χ1) is 8.74. The van der Waals surface area contributed by atoms with Crippen LogP contribution in [0.3, 0.4) is 0 Å².